The molecule has 8 heteroatoms. The number of hydrogen-bond donors (Lipinski definition) is 0. The fourth-order valence-electron chi connectivity index (χ4n) is 5.09. The van der Waals surface area contributed by atoms with Gasteiger partial charge in [-0.25, -0.2) is 9.96 Å². The average Bonchev–Trinajstić information content (AvgIpc) is 3.46. The minimum absolute atomic E-state index is 0.307. The Bertz CT molecular complexity index is 1300. The third kappa shape index (κ3) is 5.16. The van der Waals surface area contributed by atoms with Crippen molar-refractivity contribution in [2.75, 3.05) is 29.8 Å². The zero-order valence-corrected chi connectivity index (χ0v) is 22.5. The number of ether oxygens (including phenoxy) is 3. The molecule has 3 atom stereocenters. The third-order valence-corrected chi connectivity index (χ3v) is 6.90. The van der Waals surface area contributed by atoms with Crippen molar-refractivity contribution >= 4 is 23.2 Å². The van der Waals surface area contributed by atoms with Gasteiger partial charge in [0.05, 0.1) is 37.2 Å². The number of fused-ring (bicyclic) bond motifs is 1. The van der Waals surface area contributed by atoms with Gasteiger partial charge in [-0.2, -0.15) is 0 Å². The van der Waals surface area contributed by atoms with Crippen LogP contribution in [0.4, 0.5) is 11.4 Å². The average molecular weight is 531 g/mol. The van der Waals surface area contributed by atoms with Crippen molar-refractivity contribution in [2.45, 2.75) is 45.8 Å². The van der Waals surface area contributed by atoms with Gasteiger partial charge in [-0.3, -0.25) is 14.4 Å². The molecule has 39 heavy (non-hydrogen) atoms. The molecule has 5 rings (SSSR count). The number of amides is 2. The maximum absolute atomic E-state index is 13.9. The van der Waals surface area contributed by atoms with Gasteiger partial charge >= 0.3 is 0 Å². The first kappa shape index (κ1) is 26.6. The molecule has 0 aromatic heterocycles. The van der Waals surface area contributed by atoms with Crippen LogP contribution < -0.4 is 24.2 Å². The lowest BCUT2D eigenvalue weighted by atomic mass is 9.90. The zero-order valence-electron chi connectivity index (χ0n) is 22.5. The fraction of sp³-hybridized carbons (Fsp3) is 0.355. The Balaban J connectivity index is 1.52. The van der Waals surface area contributed by atoms with Crippen molar-refractivity contribution in [3.8, 4) is 17.2 Å². The number of benzene rings is 3. The summed E-state index contributed by atoms with van der Waals surface area (Å²) in [7, 11) is 0. The van der Waals surface area contributed by atoms with Gasteiger partial charge in [-0.1, -0.05) is 37.6 Å². The number of hydroxylamine groups is 1. The molecule has 0 radical (unpaired) electrons. The van der Waals surface area contributed by atoms with E-state index >= 15 is 0 Å². The normalized spacial score (nSPS) is 20.3. The summed E-state index contributed by atoms with van der Waals surface area (Å²) in [5, 5.41) is 1.68. The maximum atomic E-state index is 13.9. The van der Waals surface area contributed by atoms with E-state index in [1.165, 1.54) is 4.90 Å². The zero-order chi connectivity index (χ0) is 27.4. The molecule has 8 nitrogen and oxygen atoms in total. The van der Waals surface area contributed by atoms with Crippen molar-refractivity contribution in [3.05, 3.63) is 78.4 Å². The van der Waals surface area contributed by atoms with Gasteiger partial charge in [-0.05, 0) is 74.4 Å². The quantitative estimate of drug-likeness (QED) is 0.232. The summed E-state index contributed by atoms with van der Waals surface area (Å²) in [6, 6.07) is 21.6. The topological polar surface area (TPSA) is 77.5 Å². The van der Waals surface area contributed by atoms with Crippen molar-refractivity contribution < 1.29 is 28.6 Å². The van der Waals surface area contributed by atoms with Crippen LogP contribution in [-0.2, 0) is 14.4 Å². The number of carbonyl (C=O) groups excluding carboxylic acids is 2. The highest BCUT2D eigenvalue weighted by molar-refractivity contribution is 6.23. The van der Waals surface area contributed by atoms with Crippen LogP contribution in [0.1, 0.15) is 45.2 Å². The first-order valence-corrected chi connectivity index (χ1v) is 13.6. The first-order chi connectivity index (χ1) is 19.1. The Morgan fingerprint density at radius 1 is 0.769 bits per heavy atom. The summed E-state index contributed by atoms with van der Waals surface area (Å²) >= 11 is 0. The lowest BCUT2D eigenvalue weighted by molar-refractivity contribution is -0.126. The van der Waals surface area contributed by atoms with Gasteiger partial charge in [0.1, 0.15) is 11.7 Å². The summed E-state index contributed by atoms with van der Waals surface area (Å²) in [5.74, 6) is 0.490. The lowest BCUT2D eigenvalue weighted by Gasteiger charge is -2.29. The van der Waals surface area contributed by atoms with E-state index in [0.29, 0.717) is 42.8 Å². The Kier molecular flexibility index (Phi) is 8.02. The molecule has 0 unspecified atom stereocenters. The van der Waals surface area contributed by atoms with Crippen LogP contribution in [0.3, 0.4) is 0 Å². The Labute approximate surface area is 229 Å². The van der Waals surface area contributed by atoms with E-state index in [0.717, 1.165) is 24.1 Å². The minimum atomic E-state index is -0.953. The molecule has 204 valence electrons. The second-order valence-electron chi connectivity index (χ2n) is 9.44. The van der Waals surface area contributed by atoms with Crippen LogP contribution in [0, 0.1) is 5.92 Å². The molecule has 0 aliphatic carbocycles. The highest BCUT2D eigenvalue weighted by atomic mass is 16.7. The second kappa shape index (κ2) is 11.8. The second-order valence-corrected chi connectivity index (χ2v) is 9.44. The van der Waals surface area contributed by atoms with Crippen LogP contribution in [0.5, 0.6) is 17.2 Å². The molecular formula is C31H34N2O6. The van der Waals surface area contributed by atoms with Gasteiger partial charge in [0.2, 0.25) is 5.91 Å². The summed E-state index contributed by atoms with van der Waals surface area (Å²) in [6.45, 7) is 7.52. The van der Waals surface area contributed by atoms with Crippen molar-refractivity contribution in [2.24, 2.45) is 5.92 Å². The molecule has 2 heterocycles. The smallest absolute Gasteiger partial charge is 0.266 e. The summed E-state index contributed by atoms with van der Waals surface area (Å²) in [6.07, 6.45) is 1.01. The van der Waals surface area contributed by atoms with E-state index in [1.54, 1.807) is 29.3 Å². The van der Waals surface area contributed by atoms with E-state index in [2.05, 4.69) is 6.92 Å². The number of rotatable bonds is 11. The predicted octanol–water partition coefficient (Wildman–Crippen LogP) is 5.71. The molecule has 2 aliphatic rings. The van der Waals surface area contributed by atoms with E-state index in [4.69, 9.17) is 19.0 Å². The number of unbranched alkanes of at least 4 members (excludes halogenated alkanes) is 1. The Morgan fingerprint density at radius 2 is 1.51 bits per heavy atom. The number of nitrogens with zero attached hydrogens (tertiary/aromatic N) is 2. The lowest BCUT2D eigenvalue weighted by Crippen LogP contribution is -2.37. The molecule has 2 fully saturated rings. The van der Waals surface area contributed by atoms with Crippen LogP contribution in [0.25, 0.3) is 0 Å². The molecule has 0 N–H and O–H groups in total. The van der Waals surface area contributed by atoms with Gasteiger partial charge in [0.25, 0.3) is 5.91 Å². The molecule has 0 bridgehead atoms. The summed E-state index contributed by atoms with van der Waals surface area (Å²) < 4.78 is 17.4. The van der Waals surface area contributed by atoms with Crippen LogP contribution in [0.2, 0.25) is 0 Å². The highest BCUT2D eigenvalue weighted by Gasteiger charge is 2.60. The number of carbonyl (C=O) groups is 2. The first-order valence-electron chi connectivity index (χ1n) is 13.6. The fourth-order valence-corrected chi connectivity index (χ4v) is 5.09. The van der Waals surface area contributed by atoms with Gasteiger partial charge in [-0.15, -0.1) is 0 Å². The maximum Gasteiger partial charge on any atom is 0.266 e. The molecule has 3 aromatic rings. The standard InChI is InChI=1S/C31H34N2O6/c1-4-7-19-38-25-18-13-21(20-26(25)37-6-3)28-27-29(39-33(28)23-11-9-8-10-12-23)31(35)32(30(27)34)22-14-16-24(17-15-22)36-5-2/h8-18,20,27-29H,4-7,19H2,1-3H3/t27-,28+,29+/m1/s1. The summed E-state index contributed by atoms with van der Waals surface area (Å²) in [5.41, 5.74) is 2.05. The monoisotopic (exact) mass is 530 g/mol. The van der Waals surface area contributed by atoms with Gasteiger partial charge < -0.3 is 14.2 Å². The minimum Gasteiger partial charge on any atom is -0.494 e. The Morgan fingerprint density at radius 3 is 2.21 bits per heavy atom. The number of para-hydroxylation sites is 1. The Hall–Kier alpha value is -4.04. The predicted molar refractivity (Wildman–Crippen MR) is 148 cm³/mol. The molecule has 2 saturated heterocycles. The highest BCUT2D eigenvalue weighted by Crippen LogP contribution is 2.48. The van der Waals surface area contributed by atoms with Crippen molar-refractivity contribution in [1.82, 2.24) is 0 Å². The van der Waals surface area contributed by atoms with E-state index < -0.39 is 18.1 Å². The largest absolute Gasteiger partial charge is 0.494 e. The van der Waals surface area contributed by atoms with E-state index in [9.17, 15) is 9.59 Å². The van der Waals surface area contributed by atoms with Crippen molar-refractivity contribution in [1.29, 1.82) is 0 Å². The molecule has 2 amide bonds. The number of anilines is 2. The molecule has 2 aliphatic heterocycles. The third-order valence-electron chi connectivity index (χ3n) is 6.90. The van der Waals surface area contributed by atoms with Gasteiger partial charge in [0, 0.05) is 0 Å². The number of hydrogen-bond acceptors (Lipinski definition) is 7. The van der Waals surface area contributed by atoms with E-state index in [-0.39, 0.29) is 11.8 Å². The number of imide groups is 1. The molecular weight excluding hydrogens is 496 g/mol. The SMILES string of the molecule is CCCCOc1ccc([C@H]2[C@H]3C(=O)N(c4ccc(OCC)cc4)C(=O)[C@H]3ON2c2ccccc2)cc1OCC. The molecule has 3 aromatic carbocycles. The van der Waals surface area contributed by atoms with Gasteiger partial charge in [0.15, 0.2) is 17.6 Å². The summed E-state index contributed by atoms with van der Waals surface area (Å²) in [4.78, 5) is 35.0. The molecule has 0 spiro atoms. The van der Waals surface area contributed by atoms with E-state index in [1.807, 2.05) is 62.4 Å². The van der Waals surface area contributed by atoms with Crippen LogP contribution in [-0.4, -0.2) is 37.7 Å². The van der Waals surface area contributed by atoms with Crippen molar-refractivity contribution in [3.63, 3.8) is 0 Å². The van der Waals surface area contributed by atoms with Crippen LogP contribution in [0.15, 0.2) is 72.8 Å². The van der Waals surface area contributed by atoms with Crippen LogP contribution >= 0.6 is 0 Å². The molecule has 0 saturated carbocycles.